The molecule has 0 bridgehead atoms. The Morgan fingerprint density at radius 1 is 1.05 bits per heavy atom. The van der Waals surface area contributed by atoms with E-state index >= 15 is 0 Å². The summed E-state index contributed by atoms with van der Waals surface area (Å²) in [7, 11) is 0. The molecule has 0 amide bonds. The molecule has 1 aromatic heterocycles. The number of Topliss-reactive ketones (excluding diaryl/α,β-unsaturated/α-hetero) is 1. The first kappa shape index (κ1) is 13.2. The number of nitrogens with one attached hydrogen (secondary N) is 1. The standard InChI is InChI=1S/C17H13N3OS/c21-16-12-6-2-1-5-11(12)9-10-14(16)19-20-17-18-13-7-3-4-8-15(13)22-17/h1-8H,9-10H2,(H,18,20)/b19-14-. The predicted molar refractivity (Wildman–Crippen MR) is 89.8 cm³/mol. The molecule has 1 aliphatic rings. The maximum absolute atomic E-state index is 12.4. The molecule has 4 nitrogen and oxygen atoms in total. The lowest BCUT2D eigenvalue weighted by Gasteiger charge is -2.15. The fourth-order valence-electron chi connectivity index (χ4n) is 2.62. The zero-order valence-corrected chi connectivity index (χ0v) is 12.6. The minimum Gasteiger partial charge on any atom is -0.287 e. The van der Waals surface area contributed by atoms with Crippen LogP contribution in [0.1, 0.15) is 22.3 Å². The van der Waals surface area contributed by atoms with E-state index in [0.29, 0.717) is 17.3 Å². The van der Waals surface area contributed by atoms with Crippen molar-refractivity contribution in [2.75, 3.05) is 5.43 Å². The van der Waals surface area contributed by atoms with Gasteiger partial charge >= 0.3 is 0 Å². The zero-order chi connectivity index (χ0) is 14.9. The maximum Gasteiger partial charge on any atom is 0.209 e. The number of benzene rings is 2. The van der Waals surface area contributed by atoms with Crippen molar-refractivity contribution in [1.82, 2.24) is 4.98 Å². The van der Waals surface area contributed by atoms with Gasteiger partial charge < -0.3 is 0 Å². The van der Waals surface area contributed by atoms with E-state index in [9.17, 15) is 4.79 Å². The number of fused-ring (bicyclic) bond motifs is 2. The van der Waals surface area contributed by atoms with Gasteiger partial charge in [0.05, 0.1) is 10.2 Å². The lowest BCUT2D eigenvalue weighted by atomic mass is 9.89. The molecule has 3 aromatic rings. The average Bonchev–Trinajstić information content (AvgIpc) is 2.97. The monoisotopic (exact) mass is 307 g/mol. The minimum atomic E-state index is 0.00969. The van der Waals surface area contributed by atoms with Crippen LogP contribution < -0.4 is 5.43 Å². The van der Waals surface area contributed by atoms with Gasteiger partial charge in [0.15, 0.2) is 0 Å². The maximum atomic E-state index is 12.4. The number of anilines is 1. The van der Waals surface area contributed by atoms with Gasteiger partial charge in [-0.3, -0.25) is 10.2 Å². The lowest BCUT2D eigenvalue weighted by molar-refractivity contribution is 0.106. The molecule has 0 spiro atoms. The van der Waals surface area contributed by atoms with E-state index in [1.807, 2.05) is 48.5 Å². The molecule has 1 N–H and O–H groups in total. The molecule has 1 aliphatic carbocycles. The van der Waals surface area contributed by atoms with Crippen LogP contribution in [0.2, 0.25) is 0 Å². The molecule has 4 rings (SSSR count). The first-order valence-electron chi connectivity index (χ1n) is 7.12. The number of para-hydroxylation sites is 1. The van der Waals surface area contributed by atoms with E-state index < -0.39 is 0 Å². The number of carbonyl (C=O) groups is 1. The number of aryl methyl sites for hydroxylation is 1. The Hall–Kier alpha value is -2.53. The van der Waals surface area contributed by atoms with Gasteiger partial charge in [0.25, 0.3) is 0 Å². The second-order valence-corrected chi connectivity index (χ2v) is 6.17. The van der Waals surface area contributed by atoms with E-state index in [0.717, 1.165) is 27.8 Å². The van der Waals surface area contributed by atoms with Gasteiger partial charge in [-0.25, -0.2) is 4.98 Å². The Morgan fingerprint density at radius 2 is 1.86 bits per heavy atom. The normalized spacial score (nSPS) is 16.0. The molecule has 0 radical (unpaired) electrons. The van der Waals surface area contributed by atoms with E-state index in [4.69, 9.17) is 0 Å². The summed E-state index contributed by atoms with van der Waals surface area (Å²) >= 11 is 1.53. The lowest BCUT2D eigenvalue weighted by Crippen LogP contribution is -2.23. The van der Waals surface area contributed by atoms with Gasteiger partial charge in [-0.15, -0.1) is 0 Å². The molecular formula is C17H13N3OS. The second kappa shape index (κ2) is 5.35. The second-order valence-electron chi connectivity index (χ2n) is 5.14. The molecule has 22 heavy (non-hydrogen) atoms. The first-order chi connectivity index (χ1) is 10.8. The van der Waals surface area contributed by atoms with Crippen molar-refractivity contribution < 1.29 is 4.79 Å². The summed E-state index contributed by atoms with van der Waals surface area (Å²) in [6.45, 7) is 0. The SMILES string of the molecule is O=C1/C(=N\Nc2nc3ccccc3s2)CCc2ccccc21. The van der Waals surface area contributed by atoms with Gasteiger partial charge in [0.2, 0.25) is 10.9 Å². The number of nitrogens with zero attached hydrogens (tertiary/aromatic N) is 2. The van der Waals surface area contributed by atoms with Gasteiger partial charge in [-0.1, -0.05) is 47.7 Å². The van der Waals surface area contributed by atoms with E-state index in [2.05, 4.69) is 15.5 Å². The third-order valence-corrected chi connectivity index (χ3v) is 4.68. The Kier molecular flexibility index (Phi) is 3.20. The smallest absolute Gasteiger partial charge is 0.209 e. The van der Waals surface area contributed by atoms with Crippen molar-refractivity contribution in [2.45, 2.75) is 12.8 Å². The number of thiazole rings is 1. The van der Waals surface area contributed by atoms with Crippen molar-refractivity contribution in [3.63, 3.8) is 0 Å². The van der Waals surface area contributed by atoms with Gasteiger partial charge in [-0.2, -0.15) is 5.10 Å². The summed E-state index contributed by atoms with van der Waals surface area (Å²) < 4.78 is 1.10. The fourth-order valence-corrected chi connectivity index (χ4v) is 3.43. The summed E-state index contributed by atoms with van der Waals surface area (Å²) in [4.78, 5) is 16.9. The third kappa shape index (κ3) is 2.29. The Bertz CT molecular complexity index is 865. The van der Waals surface area contributed by atoms with Crippen LogP contribution in [0.25, 0.3) is 10.2 Å². The predicted octanol–water partition coefficient (Wildman–Crippen LogP) is 3.89. The van der Waals surface area contributed by atoms with Gasteiger partial charge in [-0.05, 0) is 30.5 Å². The topological polar surface area (TPSA) is 54.4 Å². The summed E-state index contributed by atoms with van der Waals surface area (Å²) in [5.41, 5.74) is 6.31. The van der Waals surface area contributed by atoms with Crippen LogP contribution in [0.4, 0.5) is 5.13 Å². The fraction of sp³-hybridized carbons (Fsp3) is 0.118. The quantitative estimate of drug-likeness (QED) is 0.731. The van der Waals surface area contributed by atoms with Crippen LogP contribution in [-0.2, 0) is 6.42 Å². The van der Waals surface area contributed by atoms with Gasteiger partial charge in [0.1, 0.15) is 5.71 Å². The van der Waals surface area contributed by atoms with Crippen LogP contribution in [0, 0.1) is 0 Å². The van der Waals surface area contributed by atoms with E-state index in [-0.39, 0.29) is 5.78 Å². The number of hydrogen-bond acceptors (Lipinski definition) is 5. The number of aromatic nitrogens is 1. The highest BCUT2D eigenvalue weighted by molar-refractivity contribution is 7.22. The molecule has 0 aliphatic heterocycles. The molecule has 0 unspecified atom stereocenters. The molecule has 108 valence electrons. The Balaban J connectivity index is 1.60. The molecular weight excluding hydrogens is 294 g/mol. The van der Waals surface area contributed by atoms with Crippen molar-refractivity contribution in [3.8, 4) is 0 Å². The third-order valence-electron chi connectivity index (χ3n) is 3.74. The highest BCUT2D eigenvalue weighted by Crippen LogP contribution is 2.26. The Labute approximate surface area is 131 Å². The van der Waals surface area contributed by atoms with Gasteiger partial charge in [0, 0.05) is 5.56 Å². The summed E-state index contributed by atoms with van der Waals surface area (Å²) in [5, 5.41) is 5.00. The summed E-state index contributed by atoms with van der Waals surface area (Å²) in [6.07, 6.45) is 1.51. The molecule has 2 aromatic carbocycles. The molecule has 0 saturated heterocycles. The van der Waals surface area contributed by atoms with Crippen LogP contribution in [-0.4, -0.2) is 16.5 Å². The number of rotatable bonds is 2. The highest BCUT2D eigenvalue weighted by Gasteiger charge is 2.22. The number of hydrogen-bond donors (Lipinski definition) is 1. The molecule has 0 atom stereocenters. The Morgan fingerprint density at radius 3 is 2.77 bits per heavy atom. The van der Waals surface area contributed by atoms with Crippen molar-refractivity contribution >= 4 is 38.2 Å². The van der Waals surface area contributed by atoms with E-state index in [1.165, 1.54) is 11.3 Å². The van der Waals surface area contributed by atoms with Crippen LogP contribution in [0.3, 0.4) is 0 Å². The highest BCUT2D eigenvalue weighted by atomic mass is 32.1. The first-order valence-corrected chi connectivity index (χ1v) is 7.94. The van der Waals surface area contributed by atoms with E-state index in [1.54, 1.807) is 0 Å². The number of hydrazone groups is 1. The molecule has 0 saturated carbocycles. The largest absolute Gasteiger partial charge is 0.287 e. The summed E-state index contributed by atoms with van der Waals surface area (Å²) in [6, 6.07) is 15.7. The van der Waals surface area contributed by atoms with Crippen molar-refractivity contribution in [2.24, 2.45) is 5.10 Å². The molecule has 0 fully saturated rings. The molecule has 5 heteroatoms. The van der Waals surface area contributed by atoms with Crippen LogP contribution in [0.15, 0.2) is 53.6 Å². The minimum absolute atomic E-state index is 0.00969. The summed E-state index contributed by atoms with van der Waals surface area (Å²) in [5.74, 6) is 0.00969. The zero-order valence-electron chi connectivity index (χ0n) is 11.7. The van der Waals surface area contributed by atoms with Crippen LogP contribution >= 0.6 is 11.3 Å². The average molecular weight is 307 g/mol. The van der Waals surface area contributed by atoms with Crippen molar-refractivity contribution in [1.29, 1.82) is 0 Å². The van der Waals surface area contributed by atoms with Crippen LogP contribution in [0.5, 0.6) is 0 Å². The molecule has 1 heterocycles. The number of ketones is 1. The number of carbonyl (C=O) groups excluding carboxylic acids is 1. The van der Waals surface area contributed by atoms with Crippen molar-refractivity contribution in [3.05, 3.63) is 59.7 Å².